The molecule has 0 saturated carbocycles. The summed E-state index contributed by atoms with van der Waals surface area (Å²) in [7, 11) is 0. The molecule has 132 valence electrons. The number of carbonyl (C=O) groups excluding carboxylic acids is 1. The van der Waals surface area contributed by atoms with Gasteiger partial charge in [-0.1, -0.05) is 6.07 Å². The number of nitrogens with zero attached hydrogens (tertiary/aromatic N) is 3. The fraction of sp³-hybridized carbons (Fsp3) is 0.368. The minimum atomic E-state index is -0.288. The Labute approximate surface area is 147 Å². The largest absolute Gasteiger partial charge is 0.492 e. The third-order valence-corrected chi connectivity index (χ3v) is 4.25. The fourth-order valence-corrected chi connectivity index (χ4v) is 2.86. The molecule has 5 nitrogen and oxygen atoms in total. The number of rotatable bonds is 6. The molecule has 6 heteroatoms. The zero-order chi connectivity index (χ0) is 17.5. The van der Waals surface area contributed by atoms with Crippen molar-refractivity contribution in [3.8, 4) is 5.75 Å². The number of amides is 1. The highest BCUT2D eigenvalue weighted by Gasteiger charge is 2.20. The summed E-state index contributed by atoms with van der Waals surface area (Å²) in [5.74, 6) is 0.474. The molecule has 0 atom stereocenters. The Balaban J connectivity index is 1.46. The summed E-state index contributed by atoms with van der Waals surface area (Å²) >= 11 is 0. The van der Waals surface area contributed by atoms with Gasteiger partial charge < -0.3 is 9.64 Å². The van der Waals surface area contributed by atoms with Crippen LogP contribution < -0.4 is 4.74 Å². The van der Waals surface area contributed by atoms with Gasteiger partial charge in [-0.15, -0.1) is 0 Å². The van der Waals surface area contributed by atoms with E-state index in [1.165, 1.54) is 12.1 Å². The van der Waals surface area contributed by atoms with Gasteiger partial charge in [0.2, 0.25) is 5.91 Å². The molecule has 0 aliphatic carbocycles. The Hall–Kier alpha value is -2.47. The van der Waals surface area contributed by atoms with Crippen LogP contribution in [0, 0.1) is 5.82 Å². The normalized spacial score (nSPS) is 15.9. The number of pyridine rings is 1. The monoisotopic (exact) mass is 343 g/mol. The molecule has 1 aromatic carbocycles. The maximum Gasteiger partial charge on any atom is 0.224 e. The number of benzene rings is 1. The summed E-state index contributed by atoms with van der Waals surface area (Å²) in [6.45, 7) is 4.02. The van der Waals surface area contributed by atoms with Crippen molar-refractivity contribution < 1.29 is 13.9 Å². The fourth-order valence-electron chi connectivity index (χ4n) is 2.86. The molecule has 1 aliphatic rings. The van der Waals surface area contributed by atoms with Crippen LogP contribution >= 0.6 is 0 Å². The van der Waals surface area contributed by atoms with Gasteiger partial charge in [-0.05, 0) is 35.9 Å². The molecule has 0 bridgehead atoms. The number of hydrogen-bond donors (Lipinski definition) is 0. The molecule has 0 spiro atoms. The molecule has 0 unspecified atom stereocenters. The molecular weight excluding hydrogens is 321 g/mol. The first kappa shape index (κ1) is 17.4. The second-order valence-electron chi connectivity index (χ2n) is 6.07. The number of halogens is 1. The number of ether oxygens (including phenoxy) is 1. The minimum Gasteiger partial charge on any atom is -0.492 e. The number of hydrogen-bond acceptors (Lipinski definition) is 4. The Bertz CT molecular complexity index is 679. The predicted molar refractivity (Wildman–Crippen MR) is 92.6 cm³/mol. The molecule has 0 N–H and O–H groups in total. The van der Waals surface area contributed by atoms with Crippen molar-refractivity contribution in [2.45, 2.75) is 13.0 Å². The van der Waals surface area contributed by atoms with Gasteiger partial charge in [-0.3, -0.25) is 14.7 Å². The molecule has 2 aromatic rings. The molecule has 0 radical (unpaired) electrons. The van der Waals surface area contributed by atoms with Gasteiger partial charge in [0.1, 0.15) is 18.2 Å². The summed E-state index contributed by atoms with van der Waals surface area (Å²) in [5.41, 5.74) is 1.16. The van der Waals surface area contributed by atoms with Crippen molar-refractivity contribution in [1.29, 1.82) is 0 Å². The van der Waals surface area contributed by atoms with Crippen molar-refractivity contribution in [2.24, 2.45) is 0 Å². The van der Waals surface area contributed by atoms with Gasteiger partial charge in [-0.2, -0.15) is 0 Å². The van der Waals surface area contributed by atoms with Crippen LogP contribution in [0.15, 0.2) is 48.8 Å². The summed E-state index contributed by atoms with van der Waals surface area (Å²) in [5, 5.41) is 0. The summed E-state index contributed by atoms with van der Waals surface area (Å²) in [4.78, 5) is 20.5. The van der Waals surface area contributed by atoms with Crippen LogP contribution in [0.5, 0.6) is 5.75 Å². The lowest BCUT2D eigenvalue weighted by Gasteiger charge is -2.22. The van der Waals surface area contributed by atoms with Crippen molar-refractivity contribution in [1.82, 2.24) is 14.8 Å². The van der Waals surface area contributed by atoms with Gasteiger partial charge in [-0.25, -0.2) is 4.39 Å². The molecular formula is C19H22FN3O2. The third-order valence-electron chi connectivity index (χ3n) is 4.25. The van der Waals surface area contributed by atoms with Crippen LogP contribution in [0.3, 0.4) is 0 Å². The lowest BCUT2D eigenvalue weighted by Crippen LogP contribution is -2.36. The second-order valence-corrected chi connectivity index (χ2v) is 6.07. The van der Waals surface area contributed by atoms with E-state index in [9.17, 15) is 9.18 Å². The summed E-state index contributed by atoms with van der Waals surface area (Å²) < 4.78 is 18.5. The highest BCUT2D eigenvalue weighted by molar-refractivity contribution is 5.76. The molecule has 3 rings (SSSR count). The highest BCUT2D eigenvalue weighted by atomic mass is 19.1. The van der Waals surface area contributed by atoms with E-state index in [0.29, 0.717) is 31.9 Å². The van der Waals surface area contributed by atoms with Crippen LogP contribution in [-0.2, 0) is 11.3 Å². The van der Waals surface area contributed by atoms with Crippen LogP contribution in [0.1, 0.15) is 12.0 Å². The van der Waals surface area contributed by atoms with Crippen LogP contribution in [0.4, 0.5) is 4.39 Å². The van der Waals surface area contributed by atoms with E-state index in [-0.39, 0.29) is 11.7 Å². The first-order valence-corrected chi connectivity index (χ1v) is 8.48. The standard InChI is InChI=1S/C19H22FN3O2/c20-17-3-5-18(6-4-17)25-13-12-23-11-10-22(9-7-19(23)24)15-16-2-1-8-21-14-16/h1-6,8,14H,7,9-13,15H2. The average molecular weight is 343 g/mol. The van der Waals surface area contributed by atoms with E-state index in [1.807, 2.05) is 23.2 Å². The minimum absolute atomic E-state index is 0.149. The highest BCUT2D eigenvalue weighted by Crippen LogP contribution is 2.12. The summed E-state index contributed by atoms with van der Waals surface area (Å²) in [6.07, 6.45) is 4.14. The van der Waals surface area contributed by atoms with Gasteiger partial charge >= 0.3 is 0 Å². The number of aromatic nitrogens is 1. The van der Waals surface area contributed by atoms with Crippen LogP contribution in [0.2, 0.25) is 0 Å². The quantitative estimate of drug-likeness (QED) is 0.808. The van der Waals surface area contributed by atoms with Gasteiger partial charge in [0.05, 0.1) is 6.54 Å². The van der Waals surface area contributed by atoms with Crippen LogP contribution in [-0.4, -0.2) is 53.5 Å². The average Bonchev–Trinajstić information content (AvgIpc) is 2.80. The van der Waals surface area contributed by atoms with Crippen LogP contribution in [0.25, 0.3) is 0 Å². The maximum atomic E-state index is 12.9. The molecule has 1 amide bonds. The van der Waals surface area contributed by atoms with Gasteiger partial charge in [0.15, 0.2) is 0 Å². The molecule has 2 heterocycles. The summed E-state index contributed by atoms with van der Waals surface area (Å²) in [6, 6.07) is 9.89. The van der Waals surface area contributed by atoms with Gasteiger partial charge in [0, 0.05) is 45.0 Å². The van der Waals surface area contributed by atoms with E-state index in [4.69, 9.17) is 4.74 Å². The van der Waals surface area contributed by atoms with Crippen molar-refractivity contribution >= 4 is 5.91 Å². The third kappa shape index (κ3) is 5.26. The van der Waals surface area contributed by atoms with Crippen molar-refractivity contribution in [3.63, 3.8) is 0 Å². The SMILES string of the molecule is O=C1CCN(Cc2cccnc2)CCN1CCOc1ccc(F)cc1. The van der Waals surface area contributed by atoms with E-state index in [2.05, 4.69) is 9.88 Å². The Morgan fingerprint density at radius 3 is 2.72 bits per heavy atom. The molecule has 1 aromatic heterocycles. The molecule has 1 fully saturated rings. The van der Waals surface area contributed by atoms with E-state index in [0.717, 1.165) is 25.2 Å². The lowest BCUT2D eigenvalue weighted by atomic mass is 10.2. The van der Waals surface area contributed by atoms with Crippen molar-refractivity contribution in [2.75, 3.05) is 32.8 Å². The van der Waals surface area contributed by atoms with E-state index >= 15 is 0 Å². The molecule has 25 heavy (non-hydrogen) atoms. The van der Waals surface area contributed by atoms with E-state index in [1.54, 1.807) is 18.3 Å². The predicted octanol–water partition coefficient (Wildman–Crippen LogP) is 2.33. The second kappa shape index (κ2) is 8.58. The Morgan fingerprint density at radius 2 is 1.96 bits per heavy atom. The van der Waals surface area contributed by atoms with Crippen molar-refractivity contribution in [3.05, 3.63) is 60.2 Å². The zero-order valence-electron chi connectivity index (χ0n) is 14.1. The molecule has 1 aliphatic heterocycles. The smallest absolute Gasteiger partial charge is 0.224 e. The Kier molecular flexibility index (Phi) is 5.95. The zero-order valence-corrected chi connectivity index (χ0v) is 14.1. The topological polar surface area (TPSA) is 45.7 Å². The van der Waals surface area contributed by atoms with Gasteiger partial charge in [0.25, 0.3) is 0 Å². The van der Waals surface area contributed by atoms with E-state index < -0.39 is 0 Å². The Morgan fingerprint density at radius 1 is 1.12 bits per heavy atom. The maximum absolute atomic E-state index is 12.9. The first-order valence-electron chi connectivity index (χ1n) is 8.48. The molecule has 1 saturated heterocycles. The lowest BCUT2D eigenvalue weighted by molar-refractivity contribution is -0.130. The first-order chi connectivity index (χ1) is 12.2. The number of carbonyl (C=O) groups is 1.